The van der Waals surface area contributed by atoms with Gasteiger partial charge < -0.3 is 0 Å². The van der Waals surface area contributed by atoms with Gasteiger partial charge in [0, 0.05) is 10.6 Å². The molecule has 0 atom stereocenters. The second-order valence-corrected chi connectivity index (χ2v) is 7.84. The first-order valence-electron chi connectivity index (χ1n) is 8.99. The normalized spacial score (nSPS) is 13.6. The molecule has 0 spiro atoms. The summed E-state index contributed by atoms with van der Waals surface area (Å²) < 4.78 is 16.0. The van der Waals surface area contributed by atoms with Crippen LogP contribution in [-0.2, 0) is 13.0 Å². The molecule has 6 heteroatoms. The van der Waals surface area contributed by atoms with Gasteiger partial charge >= 0.3 is 6.03 Å². The highest BCUT2D eigenvalue weighted by Gasteiger charge is 2.33. The summed E-state index contributed by atoms with van der Waals surface area (Å²) in [4.78, 5) is 15.9. The first-order valence-corrected chi connectivity index (χ1v) is 10.1. The molecule has 0 aromatic heterocycles. The lowest BCUT2D eigenvalue weighted by atomic mass is 10.1. The van der Waals surface area contributed by atoms with E-state index in [1.807, 2.05) is 48.5 Å². The van der Waals surface area contributed by atoms with Crippen LogP contribution in [0.15, 0.2) is 71.6 Å². The summed E-state index contributed by atoms with van der Waals surface area (Å²) >= 11 is 7.60. The average Bonchev–Trinajstić information content (AvgIpc) is 2.72. The number of fused-ring (bicyclic) bond motifs is 1. The van der Waals surface area contributed by atoms with E-state index in [2.05, 4.69) is 6.92 Å². The maximum Gasteiger partial charge on any atom is 0.339 e. The Kier molecular flexibility index (Phi) is 5.29. The number of anilines is 2. The van der Waals surface area contributed by atoms with Crippen LogP contribution in [0, 0.1) is 5.82 Å². The SMILES string of the molecule is CCc1cccc(N2Sc3ccccc3N(Cc3c(F)cccc3Cl)C2=O)c1. The second kappa shape index (κ2) is 7.86. The van der Waals surface area contributed by atoms with Crippen molar-refractivity contribution in [2.45, 2.75) is 24.8 Å². The number of para-hydroxylation sites is 1. The fraction of sp³-hybridized carbons (Fsp3) is 0.136. The predicted molar refractivity (Wildman–Crippen MR) is 114 cm³/mol. The van der Waals surface area contributed by atoms with Gasteiger partial charge in [0.05, 0.1) is 22.8 Å². The molecule has 0 unspecified atom stereocenters. The van der Waals surface area contributed by atoms with E-state index < -0.39 is 5.82 Å². The van der Waals surface area contributed by atoms with Gasteiger partial charge in [-0.1, -0.05) is 48.9 Å². The molecule has 3 aromatic carbocycles. The molecule has 3 aromatic rings. The summed E-state index contributed by atoms with van der Waals surface area (Å²) in [5, 5.41) is 0.308. The van der Waals surface area contributed by atoms with Crippen LogP contribution in [0.2, 0.25) is 5.02 Å². The number of hydrogen-bond donors (Lipinski definition) is 0. The third-order valence-electron chi connectivity index (χ3n) is 4.68. The van der Waals surface area contributed by atoms with Gasteiger partial charge in [-0.3, -0.25) is 4.90 Å². The highest BCUT2D eigenvalue weighted by atomic mass is 35.5. The van der Waals surface area contributed by atoms with Crippen molar-refractivity contribution in [2.24, 2.45) is 0 Å². The van der Waals surface area contributed by atoms with E-state index in [4.69, 9.17) is 11.6 Å². The quantitative estimate of drug-likeness (QED) is 0.445. The van der Waals surface area contributed by atoms with Gasteiger partial charge in [-0.25, -0.2) is 13.5 Å². The Hall–Kier alpha value is -2.50. The minimum Gasteiger partial charge on any atom is -0.288 e. The van der Waals surface area contributed by atoms with E-state index >= 15 is 0 Å². The fourth-order valence-electron chi connectivity index (χ4n) is 3.17. The molecule has 3 nitrogen and oxygen atoms in total. The van der Waals surface area contributed by atoms with Crippen LogP contribution in [0.4, 0.5) is 20.6 Å². The summed E-state index contributed by atoms with van der Waals surface area (Å²) in [5.41, 5.74) is 3.00. The van der Waals surface area contributed by atoms with E-state index in [1.54, 1.807) is 21.3 Å². The summed E-state index contributed by atoms with van der Waals surface area (Å²) in [6.45, 7) is 2.14. The molecule has 0 radical (unpaired) electrons. The summed E-state index contributed by atoms with van der Waals surface area (Å²) in [5.74, 6) is -0.421. The molecule has 142 valence electrons. The highest BCUT2D eigenvalue weighted by Crippen LogP contribution is 2.42. The largest absolute Gasteiger partial charge is 0.339 e. The van der Waals surface area contributed by atoms with Gasteiger partial charge in [-0.2, -0.15) is 0 Å². The van der Waals surface area contributed by atoms with Crippen molar-refractivity contribution in [3.05, 3.63) is 88.7 Å². The minimum absolute atomic E-state index is 0.0614. The third kappa shape index (κ3) is 3.48. The van der Waals surface area contributed by atoms with Crippen molar-refractivity contribution in [3.63, 3.8) is 0 Å². The number of nitrogens with zero attached hydrogens (tertiary/aromatic N) is 2. The van der Waals surface area contributed by atoms with Gasteiger partial charge in [0.1, 0.15) is 5.82 Å². The zero-order chi connectivity index (χ0) is 19.7. The molecule has 28 heavy (non-hydrogen) atoms. The Balaban J connectivity index is 1.77. The maximum absolute atomic E-state index is 14.4. The van der Waals surface area contributed by atoms with Gasteiger partial charge in [0.2, 0.25) is 0 Å². The Bertz CT molecular complexity index is 1020. The zero-order valence-corrected chi connectivity index (χ0v) is 16.8. The lowest BCUT2D eigenvalue weighted by Gasteiger charge is -2.36. The maximum atomic E-state index is 14.4. The monoisotopic (exact) mass is 412 g/mol. The molecular weight excluding hydrogens is 395 g/mol. The van der Waals surface area contributed by atoms with Crippen LogP contribution in [-0.4, -0.2) is 6.03 Å². The first-order chi connectivity index (χ1) is 13.6. The van der Waals surface area contributed by atoms with E-state index in [9.17, 15) is 9.18 Å². The number of amides is 2. The Morgan fingerprint density at radius 2 is 1.82 bits per heavy atom. The van der Waals surface area contributed by atoms with Crippen LogP contribution >= 0.6 is 23.5 Å². The molecule has 1 aliphatic rings. The van der Waals surface area contributed by atoms with Crippen molar-refractivity contribution < 1.29 is 9.18 Å². The molecule has 0 aliphatic carbocycles. The number of aryl methyl sites for hydroxylation is 1. The number of carbonyl (C=O) groups is 1. The van der Waals surface area contributed by atoms with Crippen LogP contribution in [0.25, 0.3) is 0 Å². The summed E-state index contributed by atoms with van der Waals surface area (Å²) in [6, 6.07) is 19.9. The van der Waals surface area contributed by atoms with E-state index in [0.29, 0.717) is 10.6 Å². The van der Waals surface area contributed by atoms with Crippen molar-refractivity contribution in [2.75, 3.05) is 9.21 Å². The van der Waals surface area contributed by atoms with Gasteiger partial charge in [0.15, 0.2) is 0 Å². The van der Waals surface area contributed by atoms with Crippen molar-refractivity contribution in [1.29, 1.82) is 0 Å². The van der Waals surface area contributed by atoms with Crippen LogP contribution in [0.5, 0.6) is 0 Å². The standard InChI is InChI=1S/C22H18ClFN2OS/c1-2-15-7-5-8-16(13-15)26-22(27)25(20-11-3-4-12-21(20)28-26)14-17-18(23)9-6-10-19(17)24/h3-13H,2,14H2,1H3. The van der Waals surface area contributed by atoms with E-state index in [0.717, 1.165) is 28.3 Å². The second-order valence-electron chi connectivity index (χ2n) is 6.45. The zero-order valence-electron chi connectivity index (χ0n) is 15.2. The van der Waals surface area contributed by atoms with E-state index in [-0.39, 0.29) is 12.6 Å². The summed E-state index contributed by atoms with van der Waals surface area (Å²) in [7, 11) is 0. The first kappa shape index (κ1) is 18.8. The molecule has 4 rings (SSSR count). The Morgan fingerprint density at radius 3 is 2.61 bits per heavy atom. The van der Waals surface area contributed by atoms with Crippen molar-refractivity contribution in [3.8, 4) is 0 Å². The van der Waals surface area contributed by atoms with Crippen molar-refractivity contribution >= 4 is 41.0 Å². The number of urea groups is 1. The molecule has 2 amide bonds. The summed E-state index contributed by atoms with van der Waals surface area (Å²) in [6.07, 6.45) is 0.881. The van der Waals surface area contributed by atoms with Crippen LogP contribution in [0.1, 0.15) is 18.1 Å². The fourth-order valence-corrected chi connectivity index (χ4v) is 4.39. The van der Waals surface area contributed by atoms with Crippen LogP contribution < -0.4 is 9.21 Å². The van der Waals surface area contributed by atoms with Crippen LogP contribution in [0.3, 0.4) is 0 Å². The molecule has 1 heterocycles. The Morgan fingerprint density at radius 1 is 1.04 bits per heavy atom. The molecule has 0 saturated heterocycles. The third-order valence-corrected chi connectivity index (χ3v) is 6.13. The molecular formula is C22H18ClFN2OS. The average molecular weight is 413 g/mol. The van der Waals surface area contributed by atoms with Gasteiger partial charge in [0.25, 0.3) is 0 Å². The molecule has 1 aliphatic heterocycles. The molecule has 0 fully saturated rings. The van der Waals surface area contributed by atoms with Crippen molar-refractivity contribution in [1.82, 2.24) is 0 Å². The van der Waals surface area contributed by atoms with Gasteiger partial charge in [-0.05, 0) is 60.3 Å². The van der Waals surface area contributed by atoms with Gasteiger partial charge in [-0.15, -0.1) is 0 Å². The number of rotatable bonds is 4. The number of halogens is 2. The number of benzene rings is 3. The lowest BCUT2D eigenvalue weighted by molar-refractivity contribution is 0.254. The Labute approximate surface area is 172 Å². The topological polar surface area (TPSA) is 23.6 Å². The minimum atomic E-state index is -0.421. The highest BCUT2D eigenvalue weighted by molar-refractivity contribution is 8.01. The molecule has 0 saturated carbocycles. The molecule has 0 N–H and O–H groups in total. The molecule has 0 bridgehead atoms. The predicted octanol–water partition coefficient (Wildman–Crippen LogP) is 6.70. The van der Waals surface area contributed by atoms with E-state index in [1.165, 1.54) is 18.0 Å². The smallest absolute Gasteiger partial charge is 0.288 e. The number of hydrogen-bond acceptors (Lipinski definition) is 2. The lowest BCUT2D eigenvalue weighted by Crippen LogP contribution is -2.43. The number of carbonyl (C=O) groups excluding carboxylic acids is 1.